The van der Waals surface area contributed by atoms with Crippen molar-refractivity contribution in [1.82, 2.24) is 15.1 Å². The zero-order chi connectivity index (χ0) is 19.2. The van der Waals surface area contributed by atoms with Crippen LogP contribution in [-0.4, -0.2) is 34.9 Å². The molecule has 6 nitrogen and oxygen atoms in total. The van der Waals surface area contributed by atoms with Gasteiger partial charge in [-0.2, -0.15) is 5.10 Å². The second kappa shape index (κ2) is 8.88. The zero-order valence-electron chi connectivity index (χ0n) is 16.4. The van der Waals surface area contributed by atoms with Gasteiger partial charge in [-0.15, -0.1) is 0 Å². The van der Waals surface area contributed by atoms with E-state index in [1.54, 1.807) is 6.20 Å². The Morgan fingerprint density at radius 3 is 2.79 bits per heavy atom. The van der Waals surface area contributed by atoms with E-state index in [0.717, 1.165) is 50.0 Å². The van der Waals surface area contributed by atoms with Crippen LogP contribution < -0.4 is 10.6 Å². The molecule has 2 fully saturated rings. The van der Waals surface area contributed by atoms with Crippen molar-refractivity contribution in [1.29, 1.82) is 0 Å². The maximum absolute atomic E-state index is 13.3. The summed E-state index contributed by atoms with van der Waals surface area (Å²) in [6, 6.07) is 9.89. The Kier molecular flexibility index (Phi) is 6.07. The molecule has 1 aliphatic heterocycles. The van der Waals surface area contributed by atoms with E-state index in [0.29, 0.717) is 12.7 Å². The summed E-state index contributed by atoms with van der Waals surface area (Å²) in [4.78, 5) is 13.3. The molecular weight excluding hydrogens is 352 g/mol. The van der Waals surface area contributed by atoms with Gasteiger partial charge in [-0.05, 0) is 62.5 Å². The van der Waals surface area contributed by atoms with E-state index in [4.69, 9.17) is 4.74 Å². The van der Waals surface area contributed by atoms with E-state index < -0.39 is 5.54 Å². The second-order valence-corrected chi connectivity index (χ2v) is 7.96. The quantitative estimate of drug-likeness (QED) is 0.803. The van der Waals surface area contributed by atoms with Crippen molar-refractivity contribution in [2.45, 2.75) is 63.2 Å². The molecular formula is C22H30N4O2. The van der Waals surface area contributed by atoms with Gasteiger partial charge >= 0.3 is 0 Å². The molecule has 1 amide bonds. The molecule has 2 aliphatic rings. The van der Waals surface area contributed by atoms with Crippen LogP contribution in [0.3, 0.4) is 0 Å². The van der Waals surface area contributed by atoms with Crippen molar-refractivity contribution in [2.75, 3.05) is 18.4 Å². The fraction of sp³-hybridized carbons (Fsp3) is 0.545. The van der Waals surface area contributed by atoms with Crippen LogP contribution in [0.1, 0.15) is 50.5 Å². The number of hydrogen-bond donors (Lipinski definition) is 2. The Morgan fingerprint density at radius 2 is 2.04 bits per heavy atom. The third-order valence-corrected chi connectivity index (χ3v) is 6.02. The average Bonchev–Trinajstić information content (AvgIpc) is 3.29. The number of anilines is 1. The lowest BCUT2D eigenvalue weighted by molar-refractivity contribution is -0.126. The summed E-state index contributed by atoms with van der Waals surface area (Å²) in [6.45, 7) is 2.22. The normalized spacial score (nSPS) is 20.0. The number of aromatic nitrogens is 2. The second-order valence-electron chi connectivity index (χ2n) is 7.96. The van der Waals surface area contributed by atoms with Crippen molar-refractivity contribution < 1.29 is 9.53 Å². The summed E-state index contributed by atoms with van der Waals surface area (Å²) in [5.41, 5.74) is 1.28. The molecule has 0 bridgehead atoms. The Bertz CT molecular complexity index is 763. The minimum absolute atomic E-state index is 0.00282. The molecule has 150 valence electrons. The molecule has 1 aromatic carbocycles. The summed E-state index contributed by atoms with van der Waals surface area (Å²) < 4.78 is 7.91. The summed E-state index contributed by atoms with van der Waals surface area (Å²) in [6.07, 6.45) is 11.7. The van der Waals surface area contributed by atoms with Crippen LogP contribution in [0.15, 0.2) is 42.7 Å². The predicted octanol–water partition coefficient (Wildman–Crippen LogP) is 3.45. The highest BCUT2D eigenvalue weighted by Crippen LogP contribution is 2.29. The Labute approximate surface area is 166 Å². The number of nitrogens with one attached hydrogen (secondary N) is 2. The summed E-state index contributed by atoms with van der Waals surface area (Å²) in [5.74, 6) is 0.00282. The van der Waals surface area contributed by atoms with E-state index in [2.05, 4.69) is 21.8 Å². The van der Waals surface area contributed by atoms with Gasteiger partial charge in [0, 0.05) is 18.1 Å². The SMILES string of the molecule is O=C(Nc1cccc(COC2CCCCC2)c1)C1(n2cccn2)CCNCC1. The van der Waals surface area contributed by atoms with Crippen LogP contribution in [-0.2, 0) is 21.7 Å². The van der Waals surface area contributed by atoms with Gasteiger partial charge in [-0.1, -0.05) is 31.4 Å². The molecule has 2 N–H and O–H groups in total. The number of hydrogen-bond acceptors (Lipinski definition) is 4. The molecule has 2 aromatic rings. The Balaban J connectivity index is 1.43. The summed E-state index contributed by atoms with van der Waals surface area (Å²) in [7, 11) is 0. The van der Waals surface area contributed by atoms with Crippen LogP contribution in [0.5, 0.6) is 0 Å². The van der Waals surface area contributed by atoms with Gasteiger partial charge < -0.3 is 15.4 Å². The van der Waals surface area contributed by atoms with E-state index in [9.17, 15) is 4.79 Å². The molecule has 1 saturated carbocycles. The molecule has 1 saturated heterocycles. The number of amides is 1. The number of ether oxygens (including phenoxy) is 1. The number of nitrogens with zero attached hydrogens (tertiary/aromatic N) is 2. The first kappa shape index (κ1) is 19.2. The van der Waals surface area contributed by atoms with Crippen molar-refractivity contribution >= 4 is 11.6 Å². The number of rotatable bonds is 6. The standard InChI is InChI=1S/C22H30N4O2/c27-21(22(10-13-23-14-11-22)26-15-5-12-24-26)25-19-7-4-6-18(16-19)17-28-20-8-2-1-3-9-20/h4-7,12,15-16,20,23H,1-3,8-11,13-14,17H2,(H,25,27). The molecule has 1 aromatic heterocycles. The van der Waals surface area contributed by atoms with Crippen molar-refractivity contribution in [3.05, 3.63) is 48.3 Å². The first-order valence-electron chi connectivity index (χ1n) is 10.5. The minimum atomic E-state index is -0.636. The van der Waals surface area contributed by atoms with Gasteiger partial charge in [0.2, 0.25) is 0 Å². The lowest BCUT2D eigenvalue weighted by atomic mass is 9.87. The molecule has 28 heavy (non-hydrogen) atoms. The van der Waals surface area contributed by atoms with Crippen LogP contribution >= 0.6 is 0 Å². The molecule has 0 spiro atoms. The molecule has 1 aliphatic carbocycles. The fourth-order valence-corrected chi connectivity index (χ4v) is 4.35. The van der Waals surface area contributed by atoms with E-state index in [1.807, 2.05) is 35.1 Å². The summed E-state index contributed by atoms with van der Waals surface area (Å²) in [5, 5.41) is 10.9. The molecule has 0 unspecified atom stereocenters. The van der Waals surface area contributed by atoms with Crippen molar-refractivity contribution in [3.8, 4) is 0 Å². The molecule has 2 heterocycles. The van der Waals surface area contributed by atoms with Gasteiger partial charge in [-0.3, -0.25) is 9.48 Å². The first-order chi connectivity index (χ1) is 13.8. The van der Waals surface area contributed by atoms with Gasteiger partial charge in [0.05, 0.1) is 12.7 Å². The summed E-state index contributed by atoms with van der Waals surface area (Å²) >= 11 is 0. The Morgan fingerprint density at radius 1 is 1.21 bits per heavy atom. The van der Waals surface area contributed by atoms with Crippen LogP contribution in [0, 0.1) is 0 Å². The third-order valence-electron chi connectivity index (χ3n) is 6.02. The highest BCUT2D eigenvalue weighted by molar-refractivity contribution is 5.96. The monoisotopic (exact) mass is 382 g/mol. The van der Waals surface area contributed by atoms with Gasteiger partial charge in [-0.25, -0.2) is 0 Å². The fourth-order valence-electron chi connectivity index (χ4n) is 4.35. The lowest BCUT2D eigenvalue weighted by Crippen LogP contribution is -2.52. The largest absolute Gasteiger partial charge is 0.374 e. The number of carbonyl (C=O) groups excluding carboxylic acids is 1. The van der Waals surface area contributed by atoms with Gasteiger partial charge in [0.1, 0.15) is 5.54 Å². The average molecular weight is 383 g/mol. The topological polar surface area (TPSA) is 68.2 Å². The Hall–Kier alpha value is -2.18. The molecule has 4 rings (SSSR count). The molecule has 6 heteroatoms. The van der Waals surface area contributed by atoms with Crippen LogP contribution in [0.2, 0.25) is 0 Å². The highest BCUT2D eigenvalue weighted by Gasteiger charge is 2.42. The van der Waals surface area contributed by atoms with Gasteiger partial charge in [0.25, 0.3) is 5.91 Å². The van der Waals surface area contributed by atoms with Gasteiger partial charge in [0.15, 0.2) is 0 Å². The number of benzene rings is 1. The predicted molar refractivity (Wildman–Crippen MR) is 109 cm³/mol. The first-order valence-corrected chi connectivity index (χ1v) is 10.5. The lowest BCUT2D eigenvalue weighted by Gasteiger charge is -2.36. The maximum atomic E-state index is 13.3. The van der Waals surface area contributed by atoms with Crippen LogP contribution in [0.4, 0.5) is 5.69 Å². The molecule has 0 radical (unpaired) electrons. The molecule has 0 atom stereocenters. The van der Waals surface area contributed by atoms with Crippen LogP contribution in [0.25, 0.3) is 0 Å². The van der Waals surface area contributed by atoms with Crippen molar-refractivity contribution in [2.24, 2.45) is 0 Å². The maximum Gasteiger partial charge on any atom is 0.252 e. The smallest absolute Gasteiger partial charge is 0.252 e. The zero-order valence-corrected chi connectivity index (χ0v) is 16.4. The van der Waals surface area contributed by atoms with Crippen molar-refractivity contribution in [3.63, 3.8) is 0 Å². The van der Waals surface area contributed by atoms with E-state index in [-0.39, 0.29) is 5.91 Å². The third kappa shape index (κ3) is 4.28. The minimum Gasteiger partial charge on any atom is -0.374 e. The number of carbonyl (C=O) groups is 1. The van der Waals surface area contributed by atoms with E-state index >= 15 is 0 Å². The highest BCUT2D eigenvalue weighted by atomic mass is 16.5. The van der Waals surface area contributed by atoms with E-state index in [1.165, 1.54) is 19.3 Å². The number of piperidine rings is 1.